The number of hydrogen-bond donors (Lipinski definition) is 1. The minimum atomic E-state index is -0.250. The molecule has 0 aliphatic rings. The SMILES string of the molecule is Cc1ccc(-n2cnnn2)cc1NC(=O)c1csc(-c2ccccc2)n1. The molecule has 0 aliphatic heterocycles. The number of nitrogens with zero attached hydrogens (tertiary/aromatic N) is 5. The Labute approximate surface area is 153 Å². The van der Waals surface area contributed by atoms with Gasteiger partial charge in [-0.15, -0.1) is 16.4 Å². The first-order chi connectivity index (χ1) is 12.7. The van der Waals surface area contributed by atoms with Gasteiger partial charge >= 0.3 is 0 Å². The molecule has 0 fully saturated rings. The summed E-state index contributed by atoms with van der Waals surface area (Å²) in [5.41, 5.74) is 3.78. The second-order valence-corrected chi connectivity index (χ2v) is 6.47. The quantitative estimate of drug-likeness (QED) is 0.602. The molecule has 26 heavy (non-hydrogen) atoms. The predicted octanol–water partition coefficient (Wildman–Crippen LogP) is 3.35. The van der Waals surface area contributed by atoms with Gasteiger partial charge in [0.1, 0.15) is 17.0 Å². The fraction of sp³-hybridized carbons (Fsp3) is 0.0556. The zero-order chi connectivity index (χ0) is 17.9. The molecular formula is C18H14N6OS. The normalized spacial score (nSPS) is 10.7. The largest absolute Gasteiger partial charge is 0.320 e. The van der Waals surface area contributed by atoms with E-state index in [1.807, 2.05) is 55.5 Å². The number of hydrogen-bond acceptors (Lipinski definition) is 6. The second kappa shape index (κ2) is 6.85. The first kappa shape index (κ1) is 16.1. The zero-order valence-electron chi connectivity index (χ0n) is 13.8. The van der Waals surface area contributed by atoms with E-state index in [1.165, 1.54) is 22.3 Å². The van der Waals surface area contributed by atoms with E-state index in [0.717, 1.165) is 21.8 Å². The molecule has 0 atom stereocenters. The van der Waals surface area contributed by atoms with Gasteiger partial charge in [0.05, 0.1) is 5.69 Å². The number of carbonyl (C=O) groups is 1. The van der Waals surface area contributed by atoms with E-state index >= 15 is 0 Å². The lowest BCUT2D eigenvalue weighted by molar-refractivity contribution is 0.102. The van der Waals surface area contributed by atoms with Gasteiger partial charge in [-0.25, -0.2) is 9.67 Å². The first-order valence-electron chi connectivity index (χ1n) is 7.87. The Bertz CT molecular complexity index is 1040. The van der Waals surface area contributed by atoms with Crippen LogP contribution in [0.1, 0.15) is 16.1 Å². The van der Waals surface area contributed by atoms with Crippen molar-refractivity contribution in [3.05, 3.63) is 71.5 Å². The lowest BCUT2D eigenvalue weighted by atomic mass is 10.1. The molecule has 0 unspecified atom stereocenters. The minimum Gasteiger partial charge on any atom is -0.320 e. The zero-order valence-corrected chi connectivity index (χ0v) is 14.6. The summed E-state index contributed by atoms with van der Waals surface area (Å²) in [4.78, 5) is 17.0. The van der Waals surface area contributed by atoms with E-state index in [4.69, 9.17) is 0 Å². The van der Waals surface area contributed by atoms with Gasteiger partial charge in [0.15, 0.2) is 0 Å². The van der Waals surface area contributed by atoms with Crippen molar-refractivity contribution in [1.82, 2.24) is 25.2 Å². The number of amides is 1. The second-order valence-electron chi connectivity index (χ2n) is 5.61. The van der Waals surface area contributed by atoms with Crippen LogP contribution >= 0.6 is 11.3 Å². The molecule has 0 bridgehead atoms. The van der Waals surface area contributed by atoms with Crippen LogP contribution in [-0.2, 0) is 0 Å². The van der Waals surface area contributed by atoms with Gasteiger partial charge in [-0.2, -0.15) is 0 Å². The summed E-state index contributed by atoms with van der Waals surface area (Å²) >= 11 is 1.44. The third kappa shape index (κ3) is 3.22. The molecule has 4 rings (SSSR count). The molecule has 2 heterocycles. The molecule has 0 saturated heterocycles. The van der Waals surface area contributed by atoms with Crippen LogP contribution < -0.4 is 5.32 Å². The average Bonchev–Trinajstić information content (AvgIpc) is 3.36. The van der Waals surface area contributed by atoms with Gasteiger partial charge in [0, 0.05) is 16.6 Å². The summed E-state index contributed by atoms with van der Waals surface area (Å²) in [7, 11) is 0. The Kier molecular flexibility index (Phi) is 4.24. The summed E-state index contributed by atoms with van der Waals surface area (Å²) in [5.74, 6) is -0.250. The van der Waals surface area contributed by atoms with Crippen LogP contribution in [0.4, 0.5) is 5.69 Å². The van der Waals surface area contributed by atoms with Crippen molar-refractivity contribution in [2.45, 2.75) is 6.92 Å². The van der Waals surface area contributed by atoms with E-state index < -0.39 is 0 Å². The molecule has 0 radical (unpaired) electrons. The topological polar surface area (TPSA) is 85.6 Å². The Hall–Kier alpha value is -3.39. The van der Waals surface area contributed by atoms with Crippen LogP contribution in [0.3, 0.4) is 0 Å². The Morgan fingerprint density at radius 1 is 1.15 bits per heavy atom. The smallest absolute Gasteiger partial charge is 0.275 e. The lowest BCUT2D eigenvalue weighted by Gasteiger charge is -2.09. The number of aromatic nitrogens is 5. The van der Waals surface area contributed by atoms with Crippen LogP contribution in [0, 0.1) is 6.92 Å². The van der Waals surface area contributed by atoms with Crippen molar-refractivity contribution >= 4 is 22.9 Å². The maximum atomic E-state index is 12.6. The molecule has 0 spiro atoms. The van der Waals surface area contributed by atoms with E-state index in [0.29, 0.717) is 11.4 Å². The van der Waals surface area contributed by atoms with Crippen LogP contribution in [-0.4, -0.2) is 31.1 Å². The molecule has 0 saturated carbocycles. The highest BCUT2D eigenvalue weighted by Crippen LogP contribution is 2.24. The summed E-state index contributed by atoms with van der Waals surface area (Å²) in [5, 5.41) is 16.6. The number of thiazole rings is 1. The third-order valence-corrected chi connectivity index (χ3v) is 4.73. The number of aryl methyl sites for hydroxylation is 1. The monoisotopic (exact) mass is 362 g/mol. The van der Waals surface area contributed by atoms with Crippen molar-refractivity contribution < 1.29 is 4.79 Å². The Balaban J connectivity index is 1.57. The number of benzene rings is 2. The van der Waals surface area contributed by atoms with Gasteiger partial charge in [-0.05, 0) is 35.0 Å². The van der Waals surface area contributed by atoms with Crippen molar-refractivity contribution in [1.29, 1.82) is 0 Å². The highest BCUT2D eigenvalue weighted by molar-refractivity contribution is 7.13. The predicted molar refractivity (Wildman–Crippen MR) is 99.4 cm³/mol. The van der Waals surface area contributed by atoms with E-state index in [1.54, 1.807) is 5.38 Å². The van der Waals surface area contributed by atoms with Gasteiger partial charge < -0.3 is 5.32 Å². The molecule has 2 aromatic heterocycles. The number of carbonyl (C=O) groups excluding carboxylic acids is 1. The molecule has 7 nitrogen and oxygen atoms in total. The van der Waals surface area contributed by atoms with Crippen LogP contribution in [0.5, 0.6) is 0 Å². The molecule has 1 amide bonds. The minimum absolute atomic E-state index is 0.250. The summed E-state index contributed by atoms with van der Waals surface area (Å²) in [6.07, 6.45) is 1.50. The molecule has 0 aliphatic carbocycles. The summed E-state index contributed by atoms with van der Waals surface area (Å²) in [6, 6.07) is 15.4. The fourth-order valence-corrected chi connectivity index (χ4v) is 3.25. The molecule has 1 N–H and O–H groups in total. The average molecular weight is 362 g/mol. The summed E-state index contributed by atoms with van der Waals surface area (Å²) in [6.45, 7) is 1.93. The van der Waals surface area contributed by atoms with Crippen molar-refractivity contribution in [2.24, 2.45) is 0 Å². The molecule has 2 aromatic carbocycles. The molecular weight excluding hydrogens is 348 g/mol. The van der Waals surface area contributed by atoms with E-state index in [2.05, 4.69) is 25.8 Å². The van der Waals surface area contributed by atoms with Crippen molar-refractivity contribution in [2.75, 3.05) is 5.32 Å². The number of tetrazole rings is 1. The first-order valence-corrected chi connectivity index (χ1v) is 8.75. The van der Waals surface area contributed by atoms with Crippen LogP contribution in [0.25, 0.3) is 16.3 Å². The van der Waals surface area contributed by atoms with Gasteiger partial charge in [-0.3, -0.25) is 4.79 Å². The maximum Gasteiger partial charge on any atom is 0.275 e. The molecule has 4 aromatic rings. The number of rotatable bonds is 4. The lowest BCUT2D eigenvalue weighted by Crippen LogP contribution is -2.13. The third-order valence-electron chi connectivity index (χ3n) is 3.84. The highest BCUT2D eigenvalue weighted by atomic mass is 32.1. The van der Waals surface area contributed by atoms with E-state index in [9.17, 15) is 4.79 Å². The van der Waals surface area contributed by atoms with E-state index in [-0.39, 0.29) is 5.91 Å². The van der Waals surface area contributed by atoms with Gasteiger partial charge in [0.25, 0.3) is 5.91 Å². The van der Waals surface area contributed by atoms with Crippen LogP contribution in [0.2, 0.25) is 0 Å². The standard InChI is InChI=1S/C18H14N6OS/c1-12-7-8-14(24-11-19-22-23-24)9-15(12)20-17(25)16-10-26-18(21-16)13-5-3-2-4-6-13/h2-11H,1H3,(H,20,25). The Morgan fingerprint density at radius 2 is 2.00 bits per heavy atom. The maximum absolute atomic E-state index is 12.6. The molecule has 128 valence electrons. The number of anilines is 1. The Morgan fingerprint density at radius 3 is 2.77 bits per heavy atom. The van der Waals surface area contributed by atoms with Gasteiger partial charge in [-0.1, -0.05) is 36.4 Å². The van der Waals surface area contributed by atoms with Crippen molar-refractivity contribution in [3.8, 4) is 16.3 Å². The fourth-order valence-electron chi connectivity index (χ4n) is 2.44. The van der Waals surface area contributed by atoms with Crippen LogP contribution in [0.15, 0.2) is 60.2 Å². The highest BCUT2D eigenvalue weighted by Gasteiger charge is 2.13. The van der Waals surface area contributed by atoms with Gasteiger partial charge in [0.2, 0.25) is 0 Å². The van der Waals surface area contributed by atoms with Crippen molar-refractivity contribution in [3.63, 3.8) is 0 Å². The molecule has 8 heteroatoms. The number of nitrogens with one attached hydrogen (secondary N) is 1. The summed E-state index contributed by atoms with van der Waals surface area (Å²) < 4.78 is 1.53.